The van der Waals surface area contributed by atoms with Crippen molar-refractivity contribution in [1.82, 2.24) is 0 Å². The van der Waals surface area contributed by atoms with E-state index in [1.807, 2.05) is 12.1 Å². The van der Waals surface area contributed by atoms with Gasteiger partial charge in [0.25, 0.3) is 0 Å². The summed E-state index contributed by atoms with van der Waals surface area (Å²) in [5, 5.41) is 2.10. The van der Waals surface area contributed by atoms with Gasteiger partial charge in [0.05, 0.1) is 0 Å². The van der Waals surface area contributed by atoms with E-state index >= 15 is 0 Å². The van der Waals surface area contributed by atoms with Crippen LogP contribution in [0, 0.1) is 0 Å². The average Bonchev–Trinajstić information content (AvgIpc) is 2.27. The van der Waals surface area contributed by atoms with Crippen LogP contribution >= 0.6 is 11.6 Å². The Hall–Kier alpha value is -0.301. The molecule has 0 bridgehead atoms. The van der Waals surface area contributed by atoms with Gasteiger partial charge in [0.2, 0.25) is 0 Å². The molecule has 2 aromatic rings. The Balaban J connectivity index is 2.82. The fourth-order valence-electron chi connectivity index (χ4n) is 1.08. The van der Waals surface area contributed by atoms with Gasteiger partial charge in [0, 0.05) is 0 Å². The molecule has 0 unspecified atom stereocenters. The molecule has 56 valence electrons. The molecule has 0 spiro atoms. The monoisotopic (exact) mass is 232 g/mol. The minimum atomic E-state index is 0.472. The second-order valence-electron chi connectivity index (χ2n) is 2.45. The van der Waals surface area contributed by atoms with E-state index in [1.54, 1.807) is 0 Å². The predicted octanol–water partition coefficient (Wildman–Crippen LogP) is 1.37. The van der Waals surface area contributed by atoms with Gasteiger partial charge in [-0.05, 0) is 0 Å². The van der Waals surface area contributed by atoms with Crippen LogP contribution in [0.4, 0.5) is 0 Å². The van der Waals surface area contributed by atoms with Gasteiger partial charge in [0.15, 0.2) is 0 Å². The van der Waals surface area contributed by atoms with E-state index in [1.165, 1.54) is 9.65 Å². The van der Waals surface area contributed by atoms with E-state index in [-0.39, 0.29) is 0 Å². The Morgan fingerprint density at radius 3 is 3.09 bits per heavy atom. The second-order valence-corrected chi connectivity index (χ2v) is 5.40. The van der Waals surface area contributed by atoms with E-state index in [0.717, 1.165) is 5.02 Å². The van der Waals surface area contributed by atoms with Crippen LogP contribution in [0.5, 0.6) is 0 Å². The summed E-state index contributed by atoms with van der Waals surface area (Å²) in [5.74, 6) is 0. The summed E-state index contributed by atoms with van der Waals surface area (Å²) in [5.41, 5.74) is 0. The third-order valence-corrected chi connectivity index (χ3v) is 3.79. The number of nitrogens with zero attached hydrogens (tertiary/aromatic N) is 1. The van der Waals surface area contributed by atoms with E-state index in [9.17, 15) is 0 Å². The molecule has 0 aliphatic carbocycles. The quantitative estimate of drug-likeness (QED) is 0.603. The zero-order chi connectivity index (χ0) is 7.84. The fourth-order valence-corrected chi connectivity index (χ4v) is 2.99. The first-order chi connectivity index (χ1) is 5.25. The topological polar surface area (TPSA) is 3.88 Å². The van der Waals surface area contributed by atoms with Gasteiger partial charge in [-0.1, -0.05) is 0 Å². The molecule has 0 N–H and O–H groups in total. The number of fused-ring (bicyclic) bond motifs is 1. The van der Waals surface area contributed by atoms with E-state index in [0.29, 0.717) is 14.7 Å². The van der Waals surface area contributed by atoms with Crippen LogP contribution in [0.15, 0.2) is 24.4 Å². The SMILES string of the molecule is C[n+]1cc2cc(Cl)ccc2[se]1. The van der Waals surface area contributed by atoms with E-state index in [2.05, 4.69) is 22.9 Å². The number of rotatable bonds is 0. The molecule has 0 atom stereocenters. The van der Waals surface area contributed by atoms with Gasteiger partial charge in [-0.3, -0.25) is 0 Å². The molecule has 0 radical (unpaired) electrons. The van der Waals surface area contributed by atoms with Gasteiger partial charge in [0.1, 0.15) is 0 Å². The molecule has 1 aromatic heterocycles. The van der Waals surface area contributed by atoms with E-state index in [4.69, 9.17) is 11.6 Å². The molecule has 0 amide bonds. The van der Waals surface area contributed by atoms with Crippen LogP contribution in [0.25, 0.3) is 9.65 Å². The molecule has 1 nitrogen and oxygen atoms in total. The third-order valence-electron chi connectivity index (χ3n) is 1.54. The molecule has 0 aliphatic heterocycles. The summed E-state index contributed by atoms with van der Waals surface area (Å²) in [6.45, 7) is 0. The first kappa shape index (κ1) is 7.35. The van der Waals surface area contributed by atoms with Crippen molar-refractivity contribution in [3.8, 4) is 0 Å². The maximum absolute atomic E-state index is 5.84. The second kappa shape index (κ2) is 2.63. The molecule has 2 rings (SSSR count). The summed E-state index contributed by atoms with van der Waals surface area (Å²) in [6.07, 6.45) is 2.14. The zero-order valence-corrected chi connectivity index (χ0v) is 8.51. The Bertz CT molecular complexity index is 394. The molecule has 3 heteroatoms. The van der Waals surface area contributed by atoms with Crippen molar-refractivity contribution in [2.75, 3.05) is 0 Å². The number of aromatic nitrogens is 1. The van der Waals surface area contributed by atoms with Crippen molar-refractivity contribution in [1.29, 1.82) is 0 Å². The Labute approximate surface area is 76.2 Å². The maximum atomic E-state index is 5.84. The van der Waals surface area contributed by atoms with Crippen molar-refractivity contribution in [2.24, 2.45) is 7.05 Å². The summed E-state index contributed by atoms with van der Waals surface area (Å²) >= 11 is 6.31. The fraction of sp³-hybridized carbons (Fsp3) is 0.125. The first-order valence-corrected chi connectivity index (χ1v) is 5.31. The van der Waals surface area contributed by atoms with Gasteiger partial charge < -0.3 is 0 Å². The van der Waals surface area contributed by atoms with Gasteiger partial charge in [-0.15, -0.1) is 0 Å². The molecule has 0 aliphatic rings. The molecule has 11 heavy (non-hydrogen) atoms. The zero-order valence-electron chi connectivity index (χ0n) is 6.04. The van der Waals surface area contributed by atoms with Gasteiger partial charge in [-0.25, -0.2) is 0 Å². The molecule has 1 aromatic carbocycles. The summed E-state index contributed by atoms with van der Waals surface area (Å²) < 4.78 is 3.64. The predicted molar refractivity (Wildman–Crippen MR) is 47.1 cm³/mol. The van der Waals surface area contributed by atoms with Gasteiger partial charge in [-0.2, -0.15) is 0 Å². The Morgan fingerprint density at radius 2 is 2.27 bits per heavy atom. The van der Waals surface area contributed by atoms with Crippen LogP contribution in [0.1, 0.15) is 0 Å². The first-order valence-electron chi connectivity index (χ1n) is 3.31. The standard InChI is InChI=1S/C8H7ClNSe/c1-10-5-6-4-7(9)2-3-8(6)11-10/h2-5H,1H3/q+1. The minimum absolute atomic E-state index is 0.472. The van der Waals surface area contributed by atoms with Crippen LogP contribution in [-0.2, 0) is 7.05 Å². The Morgan fingerprint density at radius 1 is 1.45 bits per heavy atom. The van der Waals surface area contributed by atoms with Crippen molar-refractivity contribution in [3.05, 3.63) is 29.4 Å². The molecule has 0 fully saturated rings. The molecular formula is C8H7ClNSe+. The molecule has 0 saturated heterocycles. The molecule has 0 saturated carbocycles. The van der Waals surface area contributed by atoms with Crippen LogP contribution in [0.3, 0.4) is 0 Å². The van der Waals surface area contributed by atoms with Gasteiger partial charge >= 0.3 is 76.0 Å². The third kappa shape index (κ3) is 1.34. The van der Waals surface area contributed by atoms with Crippen LogP contribution in [0.2, 0.25) is 5.02 Å². The molecular weight excluding hydrogens is 225 g/mol. The molecule has 1 heterocycles. The summed E-state index contributed by atoms with van der Waals surface area (Å²) in [7, 11) is 2.09. The normalized spacial score (nSPS) is 10.7. The number of halogens is 1. The van der Waals surface area contributed by atoms with Crippen molar-refractivity contribution < 1.29 is 3.56 Å². The number of aryl methyl sites for hydroxylation is 1. The average molecular weight is 232 g/mol. The van der Waals surface area contributed by atoms with E-state index < -0.39 is 0 Å². The van der Waals surface area contributed by atoms with Crippen molar-refractivity contribution in [3.63, 3.8) is 0 Å². The Kier molecular flexibility index (Phi) is 1.76. The number of benzene rings is 1. The summed E-state index contributed by atoms with van der Waals surface area (Å²) in [6, 6.07) is 6.08. The van der Waals surface area contributed by atoms with Crippen molar-refractivity contribution in [2.45, 2.75) is 0 Å². The number of hydrogen-bond acceptors (Lipinski definition) is 0. The number of hydrogen-bond donors (Lipinski definition) is 0. The van der Waals surface area contributed by atoms with Crippen LogP contribution < -0.4 is 3.56 Å². The van der Waals surface area contributed by atoms with Crippen molar-refractivity contribution >= 4 is 36.0 Å². The van der Waals surface area contributed by atoms with Crippen LogP contribution in [-0.4, -0.2) is 14.7 Å². The summed E-state index contributed by atoms with van der Waals surface area (Å²) in [4.78, 5) is 0.